The highest BCUT2D eigenvalue weighted by molar-refractivity contribution is 5.34. The third kappa shape index (κ3) is 3.11. The quantitative estimate of drug-likeness (QED) is 0.891. The summed E-state index contributed by atoms with van der Waals surface area (Å²) >= 11 is 0. The van der Waals surface area contributed by atoms with Gasteiger partial charge in [0.15, 0.2) is 0 Å². The van der Waals surface area contributed by atoms with E-state index in [0.717, 1.165) is 16.9 Å². The Morgan fingerprint density at radius 3 is 2.44 bits per heavy atom. The average molecular weight is 241 g/mol. The van der Waals surface area contributed by atoms with Gasteiger partial charge in [-0.15, -0.1) is 0 Å². The molecule has 0 atom stereocenters. The lowest BCUT2D eigenvalue weighted by molar-refractivity contribution is 0.306. The maximum absolute atomic E-state index is 5.79. The summed E-state index contributed by atoms with van der Waals surface area (Å²) in [5, 5.41) is 0. The molecule has 0 radical (unpaired) electrons. The third-order valence-electron chi connectivity index (χ3n) is 3.11. The second kappa shape index (κ2) is 5.69. The van der Waals surface area contributed by atoms with Gasteiger partial charge in [-0.2, -0.15) is 0 Å². The number of hydrogen-bond acceptors (Lipinski definition) is 2. The average Bonchev–Trinajstić information content (AvgIpc) is 2.40. The number of hydrogen-bond donors (Lipinski definition) is 1. The molecule has 0 amide bonds. The summed E-state index contributed by atoms with van der Waals surface area (Å²) in [5.74, 6) is 0.913. The van der Waals surface area contributed by atoms with E-state index in [9.17, 15) is 0 Å². The molecule has 0 saturated carbocycles. The first kappa shape index (κ1) is 12.7. The van der Waals surface area contributed by atoms with Crippen molar-refractivity contribution < 1.29 is 4.74 Å². The highest BCUT2D eigenvalue weighted by Gasteiger charge is 1.99. The SMILES string of the molecule is Cc1ccc(OCc2cccc(CN)c2)cc1C. The van der Waals surface area contributed by atoms with Gasteiger partial charge in [-0.25, -0.2) is 0 Å². The number of rotatable bonds is 4. The van der Waals surface area contributed by atoms with E-state index in [4.69, 9.17) is 10.5 Å². The van der Waals surface area contributed by atoms with Crippen molar-refractivity contribution in [3.05, 3.63) is 64.7 Å². The highest BCUT2D eigenvalue weighted by atomic mass is 16.5. The van der Waals surface area contributed by atoms with Gasteiger partial charge in [0.2, 0.25) is 0 Å². The van der Waals surface area contributed by atoms with E-state index < -0.39 is 0 Å². The predicted molar refractivity (Wildman–Crippen MR) is 74.6 cm³/mol. The van der Waals surface area contributed by atoms with Crippen molar-refractivity contribution in [3.8, 4) is 5.75 Å². The van der Waals surface area contributed by atoms with Crippen LogP contribution in [0.1, 0.15) is 22.3 Å². The molecule has 0 saturated heterocycles. The van der Waals surface area contributed by atoms with Crippen molar-refractivity contribution in [1.82, 2.24) is 0 Å². The molecule has 0 aromatic heterocycles. The summed E-state index contributed by atoms with van der Waals surface area (Å²) in [7, 11) is 0. The van der Waals surface area contributed by atoms with Crippen molar-refractivity contribution in [3.63, 3.8) is 0 Å². The van der Waals surface area contributed by atoms with Gasteiger partial charge in [0.25, 0.3) is 0 Å². The first-order chi connectivity index (χ1) is 8.69. The molecule has 94 valence electrons. The van der Waals surface area contributed by atoms with Gasteiger partial charge in [-0.3, -0.25) is 0 Å². The van der Waals surface area contributed by atoms with Crippen molar-refractivity contribution >= 4 is 0 Å². The molecule has 2 N–H and O–H groups in total. The molecule has 0 aliphatic rings. The first-order valence-electron chi connectivity index (χ1n) is 6.17. The largest absolute Gasteiger partial charge is 0.489 e. The zero-order valence-corrected chi connectivity index (χ0v) is 10.9. The van der Waals surface area contributed by atoms with E-state index in [0.29, 0.717) is 13.2 Å². The lowest BCUT2D eigenvalue weighted by Crippen LogP contribution is -2.00. The van der Waals surface area contributed by atoms with Crippen LogP contribution in [0.2, 0.25) is 0 Å². The fraction of sp³-hybridized carbons (Fsp3) is 0.250. The lowest BCUT2D eigenvalue weighted by atomic mass is 10.1. The third-order valence-corrected chi connectivity index (χ3v) is 3.11. The minimum Gasteiger partial charge on any atom is -0.489 e. The summed E-state index contributed by atoms with van der Waals surface area (Å²) in [5.41, 5.74) is 10.4. The summed E-state index contributed by atoms with van der Waals surface area (Å²) in [6.45, 7) is 5.34. The summed E-state index contributed by atoms with van der Waals surface area (Å²) in [6, 6.07) is 14.3. The fourth-order valence-electron chi connectivity index (χ4n) is 1.82. The smallest absolute Gasteiger partial charge is 0.120 e. The molecule has 2 rings (SSSR count). The standard InChI is InChI=1S/C16H19NO/c1-12-6-7-16(8-13(12)2)18-11-15-5-3-4-14(9-15)10-17/h3-9H,10-11,17H2,1-2H3. The topological polar surface area (TPSA) is 35.2 Å². The molecule has 0 spiro atoms. The molecule has 0 heterocycles. The van der Waals surface area contributed by atoms with Crippen LogP contribution >= 0.6 is 0 Å². The minimum atomic E-state index is 0.567. The Morgan fingerprint density at radius 1 is 0.944 bits per heavy atom. The van der Waals surface area contributed by atoms with Gasteiger partial charge in [-0.05, 0) is 48.2 Å². The molecule has 18 heavy (non-hydrogen) atoms. The fourth-order valence-corrected chi connectivity index (χ4v) is 1.82. The normalized spacial score (nSPS) is 10.4. The Labute approximate surface area is 108 Å². The van der Waals surface area contributed by atoms with Crippen LogP contribution in [-0.4, -0.2) is 0 Å². The van der Waals surface area contributed by atoms with Gasteiger partial charge in [0, 0.05) is 6.54 Å². The van der Waals surface area contributed by atoms with Crippen LogP contribution in [0.5, 0.6) is 5.75 Å². The van der Waals surface area contributed by atoms with Crippen LogP contribution in [0.4, 0.5) is 0 Å². The molecule has 0 unspecified atom stereocenters. The van der Waals surface area contributed by atoms with Crippen LogP contribution in [0.3, 0.4) is 0 Å². The highest BCUT2D eigenvalue weighted by Crippen LogP contribution is 2.18. The Kier molecular flexibility index (Phi) is 4.00. The van der Waals surface area contributed by atoms with Gasteiger partial charge in [0.05, 0.1) is 0 Å². The zero-order valence-electron chi connectivity index (χ0n) is 10.9. The Bertz CT molecular complexity index is 534. The van der Waals surface area contributed by atoms with Crippen molar-refractivity contribution in [2.75, 3.05) is 0 Å². The number of aryl methyl sites for hydroxylation is 2. The molecular formula is C16H19NO. The maximum Gasteiger partial charge on any atom is 0.120 e. The van der Waals surface area contributed by atoms with E-state index in [1.807, 2.05) is 18.2 Å². The summed E-state index contributed by atoms with van der Waals surface area (Å²) < 4.78 is 5.79. The predicted octanol–water partition coefficient (Wildman–Crippen LogP) is 3.34. The molecule has 2 heteroatoms. The van der Waals surface area contributed by atoms with E-state index in [2.05, 4.69) is 38.1 Å². The lowest BCUT2D eigenvalue weighted by Gasteiger charge is -2.09. The Morgan fingerprint density at radius 2 is 1.72 bits per heavy atom. The van der Waals surface area contributed by atoms with Gasteiger partial charge < -0.3 is 10.5 Å². The Hall–Kier alpha value is -1.80. The van der Waals surface area contributed by atoms with Crippen LogP contribution in [0.15, 0.2) is 42.5 Å². The molecular weight excluding hydrogens is 222 g/mol. The van der Waals surface area contributed by atoms with Gasteiger partial charge in [0.1, 0.15) is 12.4 Å². The molecule has 2 nitrogen and oxygen atoms in total. The molecule has 2 aromatic carbocycles. The molecule has 0 bridgehead atoms. The van der Waals surface area contributed by atoms with Crippen LogP contribution in [0.25, 0.3) is 0 Å². The van der Waals surface area contributed by atoms with Crippen molar-refractivity contribution in [2.45, 2.75) is 27.0 Å². The van der Waals surface area contributed by atoms with Crippen LogP contribution in [-0.2, 0) is 13.2 Å². The monoisotopic (exact) mass is 241 g/mol. The van der Waals surface area contributed by atoms with E-state index in [-0.39, 0.29) is 0 Å². The molecule has 0 aliphatic carbocycles. The van der Waals surface area contributed by atoms with Gasteiger partial charge in [-0.1, -0.05) is 30.3 Å². The van der Waals surface area contributed by atoms with Crippen molar-refractivity contribution in [1.29, 1.82) is 0 Å². The van der Waals surface area contributed by atoms with Crippen LogP contribution in [0, 0.1) is 13.8 Å². The second-order valence-corrected chi connectivity index (χ2v) is 4.56. The molecule has 0 aliphatic heterocycles. The number of nitrogens with two attached hydrogens (primary N) is 1. The van der Waals surface area contributed by atoms with Crippen molar-refractivity contribution in [2.24, 2.45) is 5.73 Å². The van der Waals surface area contributed by atoms with Gasteiger partial charge >= 0.3 is 0 Å². The van der Waals surface area contributed by atoms with E-state index in [1.165, 1.54) is 11.1 Å². The van der Waals surface area contributed by atoms with Crippen LogP contribution < -0.4 is 10.5 Å². The number of ether oxygens (including phenoxy) is 1. The van der Waals surface area contributed by atoms with E-state index in [1.54, 1.807) is 0 Å². The zero-order chi connectivity index (χ0) is 13.0. The first-order valence-corrected chi connectivity index (χ1v) is 6.17. The maximum atomic E-state index is 5.79. The molecule has 2 aromatic rings. The summed E-state index contributed by atoms with van der Waals surface area (Å²) in [6.07, 6.45) is 0. The minimum absolute atomic E-state index is 0.567. The molecule has 0 fully saturated rings. The Balaban J connectivity index is 2.04. The summed E-state index contributed by atoms with van der Waals surface area (Å²) in [4.78, 5) is 0. The second-order valence-electron chi connectivity index (χ2n) is 4.56. The van der Waals surface area contributed by atoms with E-state index >= 15 is 0 Å². The number of benzene rings is 2.